The second-order valence-corrected chi connectivity index (χ2v) is 7.49. The molecule has 0 saturated heterocycles. The van der Waals surface area contributed by atoms with Crippen LogP contribution in [0.1, 0.15) is 27.5 Å². The van der Waals surface area contributed by atoms with Crippen LogP contribution in [0.5, 0.6) is 17.2 Å². The van der Waals surface area contributed by atoms with E-state index in [1.54, 1.807) is 72.8 Å². The highest BCUT2D eigenvalue weighted by molar-refractivity contribution is 6.06. The number of carboxylic acid groups (broad SMARTS) is 1. The lowest BCUT2D eigenvalue weighted by Crippen LogP contribution is -2.39. The Morgan fingerprint density at radius 2 is 1.39 bits per heavy atom. The zero-order valence-corrected chi connectivity index (χ0v) is 20.0. The van der Waals surface area contributed by atoms with Gasteiger partial charge in [0.15, 0.2) is 17.5 Å². The fourth-order valence-electron chi connectivity index (χ4n) is 3.44. The standard InChI is InChI=1S/C27H26N2O7/c1-34-21-15-17(16-22(35-2)24(21)36-3)14-20(28-25(30)19-12-8-5-9-13-19)26(31)29-23(27(32)33)18-10-6-4-7-11-18/h4-16,23H,1-3H3,(H,28,30)(H,29,31)(H,32,33)/b20-14-/t23-/m1/s1. The lowest BCUT2D eigenvalue weighted by atomic mass is 10.1. The molecule has 3 N–H and O–H groups in total. The third kappa shape index (κ3) is 6.20. The van der Waals surface area contributed by atoms with Crippen LogP contribution in [-0.4, -0.2) is 44.2 Å². The van der Waals surface area contributed by atoms with Crippen molar-refractivity contribution in [1.82, 2.24) is 10.6 Å². The average molecular weight is 491 g/mol. The Morgan fingerprint density at radius 1 is 0.833 bits per heavy atom. The Balaban J connectivity index is 2.03. The van der Waals surface area contributed by atoms with E-state index < -0.39 is 23.8 Å². The van der Waals surface area contributed by atoms with Crippen LogP contribution in [0.15, 0.2) is 78.5 Å². The molecular weight excluding hydrogens is 464 g/mol. The van der Waals surface area contributed by atoms with Gasteiger partial charge in [0.1, 0.15) is 5.70 Å². The quantitative estimate of drug-likeness (QED) is 0.372. The SMILES string of the molecule is COc1cc(/C=C(\NC(=O)c2ccccc2)C(=O)N[C@@H](C(=O)O)c2ccccc2)cc(OC)c1OC. The number of carbonyl (C=O) groups is 3. The van der Waals surface area contributed by atoms with E-state index in [1.165, 1.54) is 27.4 Å². The molecule has 0 unspecified atom stereocenters. The first-order chi connectivity index (χ1) is 17.4. The number of benzene rings is 3. The highest BCUT2D eigenvalue weighted by Gasteiger charge is 2.25. The number of nitrogens with one attached hydrogen (secondary N) is 2. The topological polar surface area (TPSA) is 123 Å². The number of hydrogen-bond acceptors (Lipinski definition) is 6. The minimum Gasteiger partial charge on any atom is -0.493 e. The lowest BCUT2D eigenvalue weighted by Gasteiger charge is -2.17. The summed E-state index contributed by atoms with van der Waals surface area (Å²) < 4.78 is 16.1. The van der Waals surface area contributed by atoms with Crippen LogP contribution < -0.4 is 24.8 Å². The van der Waals surface area contributed by atoms with Gasteiger partial charge in [0, 0.05) is 5.56 Å². The molecule has 36 heavy (non-hydrogen) atoms. The third-order valence-electron chi connectivity index (χ3n) is 5.18. The molecule has 3 aromatic carbocycles. The first-order valence-corrected chi connectivity index (χ1v) is 10.8. The Kier molecular flexibility index (Phi) is 8.66. The number of ether oxygens (including phenoxy) is 3. The summed E-state index contributed by atoms with van der Waals surface area (Å²) in [4.78, 5) is 38.1. The summed E-state index contributed by atoms with van der Waals surface area (Å²) in [7, 11) is 4.37. The molecule has 0 radical (unpaired) electrons. The Bertz CT molecular complexity index is 1230. The maximum Gasteiger partial charge on any atom is 0.330 e. The molecule has 3 aromatic rings. The van der Waals surface area contributed by atoms with Crippen LogP contribution in [0.4, 0.5) is 0 Å². The summed E-state index contributed by atoms with van der Waals surface area (Å²) in [6.07, 6.45) is 1.39. The maximum absolute atomic E-state index is 13.3. The Morgan fingerprint density at radius 3 is 1.89 bits per heavy atom. The summed E-state index contributed by atoms with van der Waals surface area (Å²) in [5.41, 5.74) is 0.953. The number of aliphatic carboxylic acids is 1. The molecule has 0 fully saturated rings. The van der Waals surface area contributed by atoms with Crippen LogP contribution in [0.3, 0.4) is 0 Å². The molecule has 9 nitrogen and oxygen atoms in total. The molecule has 0 aromatic heterocycles. The van der Waals surface area contributed by atoms with Gasteiger partial charge < -0.3 is 30.0 Å². The van der Waals surface area contributed by atoms with Gasteiger partial charge in [0.05, 0.1) is 21.3 Å². The first-order valence-electron chi connectivity index (χ1n) is 10.8. The van der Waals surface area contributed by atoms with Crippen LogP contribution in [-0.2, 0) is 9.59 Å². The zero-order chi connectivity index (χ0) is 26.1. The van der Waals surface area contributed by atoms with Crippen LogP contribution in [0.2, 0.25) is 0 Å². The van der Waals surface area contributed by atoms with Crippen molar-refractivity contribution < 1.29 is 33.7 Å². The van der Waals surface area contributed by atoms with E-state index in [0.717, 1.165) is 0 Å². The molecule has 0 bridgehead atoms. The first kappa shape index (κ1) is 25.8. The number of carboxylic acids is 1. The molecule has 0 aliphatic heterocycles. The smallest absolute Gasteiger partial charge is 0.330 e. The highest BCUT2D eigenvalue weighted by Crippen LogP contribution is 2.38. The van der Waals surface area contributed by atoms with Crippen molar-refractivity contribution >= 4 is 23.9 Å². The Hall–Kier alpha value is -4.79. The summed E-state index contributed by atoms with van der Waals surface area (Å²) >= 11 is 0. The van der Waals surface area contributed by atoms with E-state index >= 15 is 0 Å². The van der Waals surface area contributed by atoms with Crippen molar-refractivity contribution in [3.63, 3.8) is 0 Å². The molecule has 0 saturated carbocycles. The van der Waals surface area contributed by atoms with Crippen LogP contribution in [0.25, 0.3) is 6.08 Å². The predicted molar refractivity (Wildman–Crippen MR) is 133 cm³/mol. The largest absolute Gasteiger partial charge is 0.493 e. The van der Waals surface area contributed by atoms with Crippen molar-refractivity contribution in [3.05, 3.63) is 95.2 Å². The van der Waals surface area contributed by atoms with Gasteiger partial charge in [0.2, 0.25) is 5.75 Å². The van der Waals surface area contributed by atoms with Gasteiger partial charge in [-0.15, -0.1) is 0 Å². The normalized spacial score (nSPS) is 11.7. The molecule has 0 aliphatic rings. The number of rotatable bonds is 10. The lowest BCUT2D eigenvalue weighted by molar-refractivity contribution is -0.141. The van der Waals surface area contributed by atoms with Crippen molar-refractivity contribution in [1.29, 1.82) is 0 Å². The number of hydrogen-bond donors (Lipinski definition) is 3. The van der Waals surface area contributed by atoms with E-state index in [9.17, 15) is 19.5 Å². The fraction of sp³-hybridized carbons (Fsp3) is 0.148. The van der Waals surface area contributed by atoms with Crippen molar-refractivity contribution in [3.8, 4) is 17.2 Å². The van der Waals surface area contributed by atoms with Gasteiger partial charge in [-0.05, 0) is 41.5 Å². The maximum atomic E-state index is 13.3. The second-order valence-electron chi connectivity index (χ2n) is 7.49. The van der Waals surface area contributed by atoms with E-state index in [1.807, 2.05) is 0 Å². The van der Waals surface area contributed by atoms with Gasteiger partial charge in [-0.25, -0.2) is 4.79 Å². The van der Waals surface area contributed by atoms with Crippen molar-refractivity contribution in [2.45, 2.75) is 6.04 Å². The van der Waals surface area contributed by atoms with E-state index in [2.05, 4.69) is 10.6 Å². The summed E-state index contributed by atoms with van der Waals surface area (Å²) in [5.74, 6) is -1.57. The van der Waals surface area contributed by atoms with E-state index in [-0.39, 0.29) is 5.70 Å². The van der Waals surface area contributed by atoms with Gasteiger partial charge in [-0.1, -0.05) is 48.5 Å². The molecule has 3 rings (SSSR count). The van der Waals surface area contributed by atoms with Crippen molar-refractivity contribution in [2.75, 3.05) is 21.3 Å². The average Bonchev–Trinajstić information content (AvgIpc) is 2.91. The molecule has 186 valence electrons. The fourth-order valence-corrected chi connectivity index (χ4v) is 3.44. The monoisotopic (exact) mass is 490 g/mol. The van der Waals surface area contributed by atoms with Crippen molar-refractivity contribution in [2.24, 2.45) is 0 Å². The van der Waals surface area contributed by atoms with Gasteiger partial charge in [-0.2, -0.15) is 0 Å². The van der Waals surface area contributed by atoms with E-state index in [0.29, 0.717) is 33.9 Å². The zero-order valence-electron chi connectivity index (χ0n) is 20.0. The summed E-state index contributed by atoms with van der Waals surface area (Å²) in [6, 6.07) is 18.4. The minimum absolute atomic E-state index is 0.180. The summed E-state index contributed by atoms with van der Waals surface area (Å²) in [5, 5.41) is 14.8. The van der Waals surface area contributed by atoms with Gasteiger partial charge in [0.25, 0.3) is 11.8 Å². The molecule has 0 aliphatic carbocycles. The predicted octanol–water partition coefficient (Wildman–Crippen LogP) is 3.43. The minimum atomic E-state index is -1.34. The third-order valence-corrected chi connectivity index (χ3v) is 5.18. The van der Waals surface area contributed by atoms with Crippen LogP contribution >= 0.6 is 0 Å². The van der Waals surface area contributed by atoms with Gasteiger partial charge in [-0.3, -0.25) is 9.59 Å². The van der Waals surface area contributed by atoms with Gasteiger partial charge >= 0.3 is 5.97 Å². The number of amides is 2. The number of methoxy groups -OCH3 is 3. The number of carbonyl (C=O) groups excluding carboxylic acids is 2. The highest BCUT2D eigenvalue weighted by atomic mass is 16.5. The molecule has 0 heterocycles. The molecule has 1 atom stereocenters. The molecular formula is C27H26N2O7. The van der Waals surface area contributed by atoms with E-state index in [4.69, 9.17) is 14.2 Å². The Labute approximate surface area is 208 Å². The van der Waals surface area contributed by atoms with Crippen LogP contribution in [0, 0.1) is 0 Å². The molecule has 0 spiro atoms. The summed E-state index contributed by atoms with van der Waals surface area (Å²) in [6.45, 7) is 0. The molecule has 2 amide bonds. The second kappa shape index (κ2) is 12.1. The molecule has 9 heteroatoms.